The number of carbonyl (C=O) groups excluding carboxylic acids is 1. The summed E-state index contributed by atoms with van der Waals surface area (Å²) in [5.74, 6) is -2.61. The molecule has 0 aliphatic carbocycles. The van der Waals surface area contributed by atoms with E-state index in [0.717, 1.165) is 36.4 Å². The fourth-order valence-electron chi connectivity index (χ4n) is 2.11. The summed E-state index contributed by atoms with van der Waals surface area (Å²) in [5, 5.41) is 11.4. The monoisotopic (exact) mass is 355 g/mol. The van der Waals surface area contributed by atoms with Crippen LogP contribution in [-0.2, 0) is 17.4 Å². The molecule has 2 aromatic rings. The van der Waals surface area contributed by atoms with E-state index < -0.39 is 35.5 Å². The van der Waals surface area contributed by atoms with Crippen molar-refractivity contribution in [3.05, 3.63) is 71.0 Å². The molecule has 1 amide bonds. The molecule has 0 heterocycles. The molecule has 0 saturated heterocycles. The van der Waals surface area contributed by atoms with Gasteiger partial charge in [-0.1, -0.05) is 12.1 Å². The fourth-order valence-corrected chi connectivity index (χ4v) is 2.11. The highest BCUT2D eigenvalue weighted by atomic mass is 19.4. The van der Waals surface area contributed by atoms with Crippen molar-refractivity contribution in [2.24, 2.45) is 0 Å². The lowest BCUT2D eigenvalue weighted by molar-refractivity contribution is -0.139. The van der Waals surface area contributed by atoms with Gasteiger partial charge in [-0.25, -0.2) is 9.18 Å². The smallest absolute Gasteiger partial charge is 0.416 e. The molecule has 0 aliphatic rings. The fraction of sp³-hybridized carbons (Fsp3) is 0.176. The number of hydrogen-bond donors (Lipinski definition) is 2. The van der Waals surface area contributed by atoms with Crippen molar-refractivity contribution in [1.82, 2.24) is 5.32 Å². The average molecular weight is 355 g/mol. The van der Waals surface area contributed by atoms with Gasteiger partial charge >= 0.3 is 12.1 Å². The first kappa shape index (κ1) is 18.4. The van der Waals surface area contributed by atoms with E-state index in [1.807, 2.05) is 0 Å². The standard InChI is InChI=1S/C17H13F4NO3/c18-13-7-1-10(2-8-13)9-14(16(24)25)22-15(23)11-3-5-12(6-4-11)17(19,20)21/h1-8,14H,9H2,(H,22,23)(H,24,25)/t14-/m1/s1. The lowest BCUT2D eigenvalue weighted by Crippen LogP contribution is -2.42. The van der Waals surface area contributed by atoms with E-state index in [2.05, 4.69) is 5.32 Å². The van der Waals surface area contributed by atoms with E-state index in [9.17, 15) is 32.3 Å². The molecule has 132 valence electrons. The molecule has 0 radical (unpaired) electrons. The molecule has 1 atom stereocenters. The van der Waals surface area contributed by atoms with Gasteiger partial charge in [0.1, 0.15) is 11.9 Å². The maximum atomic E-state index is 12.9. The Bertz CT molecular complexity index is 755. The summed E-state index contributed by atoms with van der Waals surface area (Å²) in [5.41, 5.74) is -0.523. The molecule has 0 bridgehead atoms. The Hall–Kier alpha value is -2.90. The second-order valence-electron chi connectivity index (χ2n) is 5.27. The summed E-state index contributed by atoms with van der Waals surface area (Å²) in [6.07, 6.45) is -4.62. The molecule has 25 heavy (non-hydrogen) atoms. The molecule has 0 fully saturated rings. The van der Waals surface area contributed by atoms with Gasteiger partial charge in [0.05, 0.1) is 5.56 Å². The number of alkyl halides is 3. The van der Waals surface area contributed by atoms with Crippen LogP contribution in [0.5, 0.6) is 0 Å². The van der Waals surface area contributed by atoms with Gasteiger partial charge in [0.2, 0.25) is 0 Å². The number of carbonyl (C=O) groups is 2. The second-order valence-corrected chi connectivity index (χ2v) is 5.27. The minimum absolute atomic E-state index is 0.0952. The third-order valence-corrected chi connectivity index (χ3v) is 3.43. The summed E-state index contributed by atoms with van der Waals surface area (Å²) in [4.78, 5) is 23.3. The van der Waals surface area contributed by atoms with Crippen LogP contribution in [0, 0.1) is 5.82 Å². The molecule has 0 unspecified atom stereocenters. The van der Waals surface area contributed by atoms with Gasteiger partial charge < -0.3 is 10.4 Å². The van der Waals surface area contributed by atoms with Crippen molar-refractivity contribution in [2.75, 3.05) is 0 Å². The molecule has 8 heteroatoms. The van der Waals surface area contributed by atoms with E-state index in [1.54, 1.807) is 0 Å². The molecular formula is C17H13F4NO3. The van der Waals surface area contributed by atoms with Crippen molar-refractivity contribution in [3.8, 4) is 0 Å². The van der Waals surface area contributed by atoms with Crippen LogP contribution in [0.4, 0.5) is 17.6 Å². The first-order valence-corrected chi connectivity index (χ1v) is 7.12. The average Bonchev–Trinajstić information content (AvgIpc) is 2.55. The molecule has 2 N–H and O–H groups in total. The summed E-state index contributed by atoms with van der Waals surface area (Å²) in [6.45, 7) is 0. The number of carboxylic acids is 1. The van der Waals surface area contributed by atoms with Crippen LogP contribution in [0.15, 0.2) is 48.5 Å². The van der Waals surface area contributed by atoms with Gasteiger partial charge in [-0.2, -0.15) is 13.2 Å². The number of aliphatic carboxylic acids is 1. The van der Waals surface area contributed by atoms with Crippen molar-refractivity contribution in [2.45, 2.75) is 18.6 Å². The zero-order valence-electron chi connectivity index (χ0n) is 12.7. The van der Waals surface area contributed by atoms with Crippen molar-refractivity contribution in [1.29, 1.82) is 0 Å². The van der Waals surface area contributed by atoms with E-state index in [4.69, 9.17) is 0 Å². The highest BCUT2D eigenvalue weighted by Crippen LogP contribution is 2.29. The molecule has 2 rings (SSSR count). The zero-order valence-corrected chi connectivity index (χ0v) is 12.7. The minimum atomic E-state index is -4.53. The highest BCUT2D eigenvalue weighted by Gasteiger charge is 2.30. The number of halogens is 4. The first-order valence-electron chi connectivity index (χ1n) is 7.12. The first-order chi connectivity index (χ1) is 11.7. The van der Waals surface area contributed by atoms with Gasteiger partial charge in [0, 0.05) is 12.0 Å². The molecule has 0 spiro atoms. The maximum Gasteiger partial charge on any atom is 0.416 e. The van der Waals surface area contributed by atoms with Gasteiger partial charge in [-0.3, -0.25) is 4.79 Å². The molecule has 2 aromatic carbocycles. The van der Waals surface area contributed by atoms with Gasteiger partial charge in [0.25, 0.3) is 5.91 Å². The van der Waals surface area contributed by atoms with Crippen LogP contribution < -0.4 is 5.32 Å². The maximum absolute atomic E-state index is 12.9. The Morgan fingerprint density at radius 1 is 1.00 bits per heavy atom. The van der Waals surface area contributed by atoms with Gasteiger partial charge in [-0.05, 0) is 42.0 Å². The lowest BCUT2D eigenvalue weighted by atomic mass is 10.0. The highest BCUT2D eigenvalue weighted by molar-refractivity contribution is 5.96. The van der Waals surface area contributed by atoms with Crippen LogP contribution >= 0.6 is 0 Å². The SMILES string of the molecule is O=C(N[C@H](Cc1ccc(F)cc1)C(=O)O)c1ccc(C(F)(F)F)cc1. The molecule has 4 nitrogen and oxygen atoms in total. The summed E-state index contributed by atoms with van der Waals surface area (Å²) < 4.78 is 50.4. The third kappa shape index (κ3) is 5.03. The van der Waals surface area contributed by atoms with Crippen LogP contribution in [0.25, 0.3) is 0 Å². The Morgan fingerprint density at radius 2 is 1.56 bits per heavy atom. The van der Waals surface area contributed by atoms with Crippen LogP contribution in [0.1, 0.15) is 21.5 Å². The predicted molar refractivity (Wildman–Crippen MR) is 80.4 cm³/mol. The number of carboxylic acid groups (broad SMARTS) is 1. The number of benzene rings is 2. The van der Waals surface area contributed by atoms with E-state index >= 15 is 0 Å². The summed E-state index contributed by atoms with van der Waals surface area (Å²) in [6, 6.07) is 7.20. The molecule has 0 aliphatic heterocycles. The molecule has 0 saturated carbocycles. The third-order valence-electron chi connectivity index (χ3n) is 3.43. The Morgan fingerprint density at radius 3 is 2.04 bits per heavy atom. The van der Waals surface area contributed by atoms with Crippen molar-refractivity contribution in [3.63, 3.8) is 0 Å². The Balaban J connectivity index is 2.09. The van der Waals surface area contributed by atoms with Crippen molar-refractivity contribution < 1.29 is 32.3 Å². The zero-order chi connectivity index (χ0) is 18.6. The van der Waals surface area contributed by atoms with Crippen LogP contribution in [0.2, 0.25) is 0 Å². The van der Waals surface area contributed by atoms with Gasteiger partial charge in [0.15, 0.2) is 0 Å². The lowest BCUT2D eigenvalue weighted by Gasteiger charge is -2.15. The summed E-state index contributed by atoms with van der Waals surface area (Å²) in [7, 11) is 0. The predicted octanol–water partition coefficient (Wildman–Crippen LogP) is 3.27. The van der Waals surface area contributed by atoms with E-state index in [-0.39, 0.29) is 12.0 Å². The number of nitrogens with one attached hydrogen (secondary N) is 1. The van der Waals surface area contributed by atoms with Crippen LogP contribution in [0.3, 0.4) is 0 Å². The Kier molecular flexibility index (Phi) is 5.41. The molecular weight excluding hydrogens is 342 g/mol. The van der Waals surface area contributed by atoms with E-state index in [1.165, 1.54) is 12.1 Å². The largest absolute Gasteiger partial charge is 0.480 e. The number of rotatable bonds is 5. The Labute approximate surface area is 140 Å². The molecule has 0 aromatic heterocycles. The normalized spacial score (nSPS) is 12.5. The quantitative estimate of drug-likeness (QED) is 0.809. The number of amides is 1. The van der Waals surface area contributed by atoms with E-state index in [0.29, 0.717) is 5.56 Å². The van der Waals surface area contributed by atoms with Gasteiger partial charge in [-0.15, -0.1) is 0 Å². The topological polar surface area (TPSA) is 66.4 Å². The number of hydrogen-bond acceptors (Lipinski definition) is 2. The minimum Gasteiger partial charge on any atom is -0.480 e. The second kappa shape index (κ2) is 7.33. The van der Waals surface area contributed by atoms with Crippen molar-refractivity contribution >= 4 is 11.9 Å². The summed E-state index contributed by atoms with van der Waals surface area (Å²) >= 11 is 0. The van der Waals surface area contributed by atoms with Crippen LogP contribution in [-0.4, -0.2) is 23.0 Å².